The molecule has 0 amide bonds. The molecule has 0 atom stereocenters. The van der Waals surface area contributed by atoms with Gasteiger partial charge >= 0.3 is 0 Å². The molecule has 0 aliphatic carbocycles. The maximum atomic E-state index is 5.42. The van der Waals surface area contributed by atoms with E-state index in [0.29, 0.717) is 0 Å². The Morgan fingerprint density at radius 2 is 1.67 bits per heavy atom. The van der Waals surface area contributed by atoms with Crippen LogP contribution in [-0.4, -0.2) is 26.5 Å². The maximum absolute atomic E-state index is 5.42. The summed E-state index contributed by atoms with van der Waals surface area (Å²) in [6.45, 7) is 0.799. The normalized spacial score (nSPS) is 13.4. The Hall–Kier alpha value is -1.81. The minimum Gasteiger partial charge on any atom is -0.493 e. The molecule has 0 spiro atoms. The number of methoxy groups -OCH3 is 2. The molecule has 0 radical (unpaired) electrons. The van der Waals surface area contributed by atoms with Gasteiger partial charge in [-0.1, -0.05) is 28.1 Å². The van der Waals surface area contributed by atoms with Crippen LogP contribution in [0.1, 0.15) is 16.7 Å². The number of ether oxygens (including phenoxy) is 2. The highest BCUT2D eigenvalue weighted by Gasteiger charge is 2.19. The van der Waals surface area contributed by atoms with Crippen LogP contribution in [0.2, 0.25) is 0 Å². The van der Waals surface area contributed by atoms with Gasteiger partial charge in [0.2, 0.25) is 0 Å². The van der Waals surface area contributed by atoms with Gasteiger partial charge in [-0.25, -0.2) is 0 Å². The van der Waals surface area contributed by atoms with Crippen molar-refractivity contribution in [1.29, 1.82) is 0 Å². The van der Waals surface area contributed by atoms with Gasteiger partial charge in [0.15, 0.2) is 11.5 Å². The maximum Gasteiger partial charge on any atom is 0.161 e. The van der Waals surface area contributed by atoms with Crippen molar-refractivity contribution < 1.29 is 9.47 Å². The molecule has 0 bridgehead atoms. The van der Waals surface area contributed by atoms with Gasteiger partial charge in [-0.2, -0.15) is 0 Å². The molecule has 2 aromatic carbocycles. The number of halogens is 1. The molecule has 1 aliphatic rings. The van der Waals surface area contributed by atoms with Crippen molar-refractivity contribution >= 4 is 21.6 Å². The molecule has 3 rings (SSSR count). The summed E-state index contributed by atoms with van der Waals surface area (Å²) in [5.41, 5.74) is 4.51. The number of fused-ring (bicyclic) bond motifs is 1. The molecule has 0 fully saturated rings. The highest BCUT2D eigenvalue weighted by atomic mass is 79.9. The van der Waals surface area contributed by atoms with Crippen LogP contribution >= 0.6 is 15.9 Å². The first kappa shape index (κ1) is 14.1. The van der Waals surface area contributed by atoms with Crippen LogP contribution in [0.4, 0.5) is 0 Å². The largest absolute Gasteiger partial charge is 0.493 e. The standard InChI is InChI=1S/C17H16BrNO2/c1-20-15-9-12-7-8-19-17(14(12)10-16(15)21-2)11-3-5-13(18)6-4-11/h3-6,9-10H,7-8H2,1-2H3. The van der Waals surface area contributed by atoms with Gasteiger partial charge in [-0.05, 0) is 36.2 Å². The zero-order chi connectivity index (χ0) is 14.8. The van der Waals surface area contributed by atoms with Crippen molar-refractivity contribution in [3.8, 4) is 11.5 Å². The molecule has 4 heteroatoms. The third kappa shape index (κ3) is 2.68. The van der Waals surface area contributed by atoms with Gasteiger partial charge in [0.05, 0.1) is 19.9 Å². The average molecular weight is 346 g/mol. The zero-order valence-corrected chi connectivity index (χ0v) is 13.6. The predicted molar refractivity (Wildman–Crippen MR) is 87.9 cm³/mol. The highest BCUT2D eigenvalue weighted by Crippen LogP contribution is 2.33. The third-order valence-electron chi connectivity index (χ3n) is 3.63. The average Bonchev–Trinajstić information content (AvgIpc) is 2.53. The van der Waals surface area contributed by atoms with E-state index in [9.17, 15) is 0 Å². The Bertz CT molecular complexity index is 693. The van der Waals surface area contributed by atoms with Crippen molar-refractivity contribution in [3.05, 3.63) is 57.6 Å². The molecule has 1 aliphatic heterocycles. The van der Waals surface area contributed by atoms with E-state index in [-0.39, 0.29) is 0 Å². The summed E-state index contributed by atoms with van der Waals surface area (Å²) in [5.74, 6) is 1.51. The number of hydrogen-bond donors (Lipinski definition) is 0. The minimum atomic E-state index is 0.739. The van der Waals surface area contributed by atoms with Crippen LogP contribution in [0.25, 0.3) is 0 Å². The topological polar surface area (TPSA) is 30.8 Å². The fourth-order valence-electron chi connectivity index (χ4n) is 2.58. The lowest BCUT2D eigenvalue weighted by molar-refractivity contribution is 0.354. The van der Waals surface area contributed by atoms with Gasteiger partial charge < -0.3 is 9.47 Å². The fourth-order valence-corrected chi connectivity index (χ4v) is 2.84. The smallest absolute Gasteiger partial charge is 0.161 e. The first-order chi connectivity index (χ1) is 10.2. The summed E-state index contributed by atoms with van der Waals surface area (Å²) >= 11 is 3.47. The highest BCUT2D eigenvalue weighted by molar-refractivity contribution is 9.10. The van der Waals surface area contributed by atoms with E-state index < -0.39 is 0 Å². The summed E-state index contributed by atoms with van der Waals surface area (Å²) in [4.78, 5) is 4.71. The molecular formula is C17H16BrNO2. The van der Waals surface area contributed by atoms with E-state index in [1.54, 1.807) is 14.2 Å². The van der Waals surface area contributed by atoms with Gasteiger partial charge in [-0.15, -0.1) is 0 Å². The van der Waals surface area contributed by atoms with E-state index in [2.05, 4.69) is 34.1 Å². The molecular weight excluding hydrogens is 330 g/mol. The Kier molecular flexibility index (Phi) is 3.97. The Morgan fingerprint density at radius 3 is 2.33 bits per heavy atom. The summed E-state index contributed by atoms with van der Waals surface area (Å²) in [6, 6.07) is 12.3. The lowest BCUT2D eigenvalue weighted by Crippen LogP contribution is -2.14. The van der Waals surface area contributed by atoms with E-state index in [0.717, 1.165) is 45.8 Å². The van der Waals surface area contributed by atoms with E-state index in [4.69, 9.17) is 14.5 Å². The van der Waals surface area contributed by atoms with Gasteiger partial charge in [-0.3, -0.25) is 4.99 Å². The van der Waals surface area contributed by atoms with Gasteiger partial charge in [0.1, 0.15) is 0 Å². The molecule has 0 aromatic heterocycles. The van der Waals surface area contributed by atoms with Gasteiger partial charge in [0, 0.05) is 22.1 Å². The second kappa shape index (κ2) is 5.90. The van der Waals surface area contributed by atoms with Crippen LogP contribution in [0.3, 0.4) is 0 Å². The number of hydrogen-bond acceptors (Lipinski definition) is 3. The lowest BCUT2D eigenvalue weighted by atomic mass is 9.93. The molecule has 3 nitrogen and oxygen atoms in total. The quantitative estimate of drug-likeness (QED) is 0.845. The van der Waals surface area contributed by atoms with E-state index in [1.807, 2.05) is 18.2 Å². The summed E-state index contributed by atoms with van der Waals surface area (Å²) < 4.78 is 11.9. The number of benzene rings is 2. The molecule has 0 N–H and O–H groups in total. The lowest BCUT2D eigenvalue weighted by Gasteiger charge is -2.20. The van der Waals surface area contributed by atoms with E-state index >= 15 is 0 Å². The Balaban J connectivity index is 2.11. The molecule has 1 heterocycles. The van der Waals surface area contributed by atoms with Crippen LogP contribution < -0.4 is 9.47 Å². The summed E-state index contributed by atoms with van der Waals surface area (Å²) in [5, 5.41) is 0. The molecule has 0 saturated carbocycles. The van der Waals surface area contributed by atoms with Crippen LogP contribution in [0, 0.1) is 0 Å². The van der Waals surface area contributed by atoms with E-state index in [1.165, 1.54) is 5.56 Å². The fraction of sp³-hybridized carbons (Fsp3) is 0.235. The summed E-state index contributed by atoms with van der Waals surface area (Å²) in [7, 11) is 3.32. The number of rotatable bonds is 3. The Labute approximate surface area is 132 Å². The number of aliphatic imine (C=N–C) groups is 1. The molecule has 21 heavy (non-hydrogen) atoms. The Morgan fingerprint density at radius 1 is 1.00 bits per heavy atom. The second-order valence-corrected chi connectivity index (χ2v) is 5.77. The van der Waals surface area contributed by atoms with Crippen LogP contribution in [-0.2, 0) is 6.42 Å². The number of nitrogens with zero attached hydrogens (tertiary/aromatic N) is 1. The van der Waals surface area contributed by atoms with Crippen molar-refractivity contribution in [1.82, 2.24) is 0 Å². The van der Waals surface area contributed by atoms with Crippen LogP contribution in [0.15, 0.2) is 45.9 Å². The zero-order valence-electron chi connectivity index (χ0n) is 12.0. The second-order valence-electron chi connectivity index (χ2n) is 4.85. The summed E-state index contributed by atoms with van der Waals surface area (Å²) in [6.07, 6.45) is 0.926. The molecule has 108 valence electrons. The third-order valence-corrected chi connectivity index (χ3v) is 4.16. The first-order valence-electron chi connectivity index (χ1n) is 6.78. The van der Waals surface area contributed by atoms with Crippen molar-refractivity contribution in [3.63, 3.8) is 0 Å². The van der Waals surface area contributed by atoms with Crippen molar-refractivity contribution in [2.75, 3.05) is 20.8 Å². The molecule has 0 unspecified atom stereocenters. The van der Waals surface area contributed by atoms with Crippen LogP contribution in [0.5, 0.6) is 11.5 Å². The first-order valence-corrected chi connectivity index (χ1v) is 7.58. The predicted octanol–water partition coefficient (Wildman–Crippen LogP) is 3.86. The SMILES string of the molecule is COc1cc2c(cc1OC)C(c1ccc(Br)cc1)=NCC2. The monoisotopic (exact) mass is 345 g/mol. The van der Waals surface area contributed by atoms with Crippen molar-refractivity contribution in [2.45, 2.75) is 6.42 Å². The van der Waals surface area contributed by atoms with Gasteiger partial charge in [0.25, 0.3) is 0 Å². The van der Waals surface area contributed by atoms with Crippen molar-refractivity contribution in [2.24, 2.45) is 4.99 Å². The molecule has 2 aromatic rings. The minimum absolute atomic E-state index is 0.739. The molecule has 0 saturated heterocycles.